The zero-order valence-electron chi connectivity index (χ0n) is 11.3. The van der Waals surface area contributed by atoms with E-state index in [9.17, 15) is 0 Å². The van der Waals surface area contributed by atoms with E-state index in [1.54, 1.807) is 0 Å². The summed E-state index contributed by atoms with van der Waals surface area (Å²) in [5.41, 5.74) is 0. The fourth-order valence-corrected chi connectivity index (χ4v) is 3.10. The highest BCUT2D eigenvalue weighted by Crippen LogP contribution is 2.17. The summed E-state index contributed by atoms with van der Waals surface area (Å²) >= 11 is 0. The van der Waals surface area contributed by atoms with E-state index in [2.05, 4.69) is 22.9 Å². The molecule has 1 atom stereocenters. The Labute approximate surface area is 106 Å². The van der Waals surface area contributed by atoms with Gasteiger partial charge in [-0.1, -0.05) is 19.3 Å². The highest BCUT2D eigenvalue weighted by molar-refractivity contribution is 4.80. The Balaban J connectivity index is 1.57. The van der Waals surface area contributed by atoms with E-state index in [1.807, 2.05) is 0 Å². The first kappa shape index (κ1) is 13.3. The first-order chi connectivity index (χ1) is 8.34. The highest BCUT2D eigenvalue weighted by Gasteiger charge is 2.17. The molecule has 1 unspecified atom stereocenters. The second kappa shape index (κ2) is 7.34. The molecule has 1 aliphatic carbocycles. The van der Waals surface area contributed by atoms with E-state index in [1.165, 1.54) is 58.0 Å². The van der Waals surface area contributed by atoms with Gasteiger partial charge in [0.25, 0.3) is 0 Å². The van der Waals surface area contributed by atoms with Crippen LogP contribution in [0.25, 0.3) is 0 Å². The lowest BCUT2D eigenvalue weighted by atomic mass is 9.95. The van der Waals surface area contributed by atoms with E-state index >= 15 is 0 Å². The number of hydrogen-bond acceptors (Lipinski definition) is 3. The van der Waals surface area contributed by atoms with Crippen molar-refractivity contribution in [1.29, 1.82) is 0 Å². The molecule has 0 aromatic carbocycles. The summed E-state index contributed by atoms with van der Waals surface area (Å²) in [7, 11) is 0. The van der Waals surface area contributed by atoms with Gasteiger partial charge >= 0.3 is 0 Å². The van der Waals surface area contributed by atoms with Crippen molar-refractivity contribution in [3.63, 3.8) is 0 Å². The molecule has 0 amide bonds. The van der Waals surface area contributed by atoms with Crippen LogP contribution in [-0.2, 0) is 0 Å². The van der Waals surface area contributed by atoms with Gasteiger partial charge in [-0.05, 0) is 45.7 Å². The normalized spacial score (nSPS) is 25.9. The van der Waals surface area contributed by atoms with Crippen LogP contribution in [0.3, 0.4) is 0 Å². The van der Waals surface area contributed by atoms with Crippen molar-refractivity contribution in [3.8, 4) is 0 Å². The van der Waals surface area contributed by atoms with Crippen LogP contribution < -0.4 is 16.0 Å². The molecule has 0 spiro atoms. The molecule has 0 radical (unpaired) electrons. The van der Waals surface area contributed by atoms with Gasteiger partial charge in [0.1, 0.15) is 0 Å². The highest BCUT2D eigenvalue weighted by atomic mass is 15.0. The lowest BCUT2D eigenvalue weighted by molar-refractivity contribution is 0.321. The van der Waals surface area contributed by atoms with Crippen molar-refractivity contribution in [3.05, 3.63) is 0 Å². The number of nitrogens with one attached hydrogen (secondary N) is 3. The van der Waals surface area contributed by atoms with Crippen LogP contribution in [-0.4, -0.2) is 37.8 Å². The number of hydrogen-bond donors (Lipinski definition) is 3. The first-order valence-corrected chi connectivity index (χ1v) is 7.55. The van der Waals surface area contributed by atoms with Gasteiger partial charge in [0, 0.05) is 24.7 Å². The third kappa shape index (κ3) is 4.94. The summed E-state index contributed by atoms with van der Waals surface area (Å²) in [6.45, 7) is 5.81. The Morgan fingerprint density at radius 2 is 1.71 bits per heavy atom. The van der Waals surface area contributed by atoms with Crippen molar-refractivity contribution in [1.82, 2.24) is 16.0 Å². The zero-order valence-corrected chi connectivity index (χ0v) is 11.3. The van der Waals surface area contributed by atoms with Crippen LogP contribution in [0.5, 0.6) is 0 Å². The minimum Gasteiger partial charge on any atom is -0.317 e. The summed E-state index contributed by atoms with van der Waals surface area (Å²) in [5, 5.41) is 10.9. The Hall–Kier alpha value is -0.120. The fraction of sp³-hybridized carbons (Fsp3) is 1.00. The third-order valence-corrected chi connectivity index (χ3v) is 4.18. The average molecular weight is 239 g/mol. The molecular weight excluding hydrogens is 210 g/mol. The molecule has 1 saturated carbocycles. The standard InChI is InChI=1S/C14H29N3/c1-12(17-14-7-9-15-10-8-14)11-16-13-5-3-2-4-6-13/h12-17H,2-11H2,1H3. The molecule has 1 saturated heterocycles. The average Bonchev–Trinajstić information content (AvgIpc) is 2.39. The first-order valence-electron chi connectivity index (χ1n) is 7.55. The molecule has 2 fully saturated rings. The lowest BCUT2D eigenvalue weighted by Crippen LogP contribution is -2.48. The van der Waals surface area contributed by atoms with Crippen LogP contribution in [0.1, 0.15) is 51.9 Å². The minimum absolute atomic E-state index is 0.611. The van der Waals surface area contributed by atoms with Crippen molar-refractivity contribution in [2.24, 2.45) is 0 Å². The minimum atomic E-state index is 0.611. The molecule has 1 aliphatic heterocycles. The molecule has 17 heavy (non-hydrogen) atoms. The summed E-state index contributed by atoms with van der Waals surface area (Å²) in [6.07, 6.45) is 9.64. The molecule has 2 rings (SSSR count). The predicted molar refractivity (Wildman–Crippen MR) is 73.4 cm³/mol. The van der Waals surface area contributed by atoms with Crippen LogP contribution in [0.15, 0.2) is 0 Å². The van der Waals surface area contributed by atoms with Crippen LogP contribution in [0, 0.1) is 0 Å². The van der Waals surface area contributed by atoms with Crippen molar-refractivity contribution < 1.29 is 0 Å². The monoisotopic (exact) mass is 239 g/mol. The van der Waals surface area contributed by atoms with Gasteiger partial charge in [0.15, 0.2) is 0 Å². The van der Waals surface area contributed by atoms with Crippen LogP contribution >= 0.6 is 0 Å². The molecule has 3 N–H and O–H groups in total. The Morgan fingerprint density at radius 1 is 1.00 bits per heavy atom. The summed E-state index contributed by atoms with van der Waals surface area (Å²) < 4.78 is 0. The molecular formula is C14H29N3. The molecule has 0 bridgehead atoms. The second-order valence-electron chi connectivity index (χ2n) is 5.84. The van der Waals surface area contributed by atoms with E-state index < -0.39 is 0 Å². The summed E-state index contributed by atoms with van der Waals surface area (Å²) in [5.74, 6) is 0. The summed E-state index contributed by atoms with van der Waals surface area (Å²) in [6, 6.07) is 2.14. The van der Waals surface area contributed by atoms with E-state index in [0.717, 1.165) is 18.6 Å². The van der Waals surface area contributed by atoms with E-state index in [4.69, 9.17) is 0 Å². The quantitative estimate of drug-likeness (QED) is 0.682. The fourth-order valence-electron chi connectivity index (χ4n) is 3.10. The maximum Gasteiger partial charge on any atom is 0.0166 e. The Morgan fingerprint density at radius 3 is 2.41 bits per heavy atom. The van der Waals surface area contributed by atoms with Gasteiger partial charge in [0.05, 0.1) is 0 Å². The Kier molecular flexibility index (Phi) is 5.75. The number of piperidine rings is 1. The topological polar surface area (TPSA) is 36.1 Å². The van der Waals surface area contributed by atoms with Gasteiger partial charge in [-0.15, -0.1) is 0 Å². The SMILES string of the molecule is CC(CNC1CCCCC1)NC1CCNCC1. The maximum atomic E-state index is 3.76. The van der Waals surface area contributed by atoms with Crippen LogP contribution in [0.4, 0.5) is 0 Å². The lowest BCUT2D eigenvalue weighted by Gasteiger charge is -2.29. The Bertz CT molecular complexity index is 196. The zero-order chi connectivity index (χ0) is 11.9. The smallest absolute Gasteiger partial charge is 0.0166 e. The van der Waals surface area contributed by atoms with Crippen molar-refractivity contribution in [2.75, 3.05) is 19.6 Å². The molecule has 0 aromatic heterocycles. The second-order valence-corrected chi connectivity index (χ2v) is 5.84. The molecule has 1 heterocycles. The van der Waals surface area contributed by atoms with E-state index in [-0.39, 0.29) is 0 Å². The van der Waals surface area contributed by atoms with Crippen LogP contribution in [0.2, 0.25) is 0 Å². The molecule has 2 aliphatic rings. The predicted octanol–water partition coefficient (Wildman–Crippen LogP) is 1.64. The molecule has 3 heteroatoms. The van der Waals surface area contributed by atoms with Crippen molar-refractivity contribution in [2.45, 2.75) is 70.0 Å². The van der Waals surface area contributed by atoms with Crippen molar-refractivity contribution >= 4 is 0 Å². The van der Waals surface area contributed by atoms with Gasteiger partial charge in [-0.2, -0.15) is 0 Å². The third-order valence-electron chi connectivity index (χ3n) is 4.18. The molecule has 3 nitrogen and oxygen atoms in total. The molecule has 100 valence electrons. The van der Waals surface area contributed by atoms with E-state index in [0.29, 0.717) is 6.04 Å². The summed E-state index contributed by atoms with van der Waals surface area (Å²) in [4.78, 5) is 0. The largest absolute Gasteiger partial charge is 0.317 e. The van der Waals surface area contributed by atoms with Gasteiger partial charge in [-0.3, -0.25) is 0 Å². The van der Waals surface area contributed by atoms with Gasteiger partial charge < -0.3 is 16.0 Å². The maximum absolute atomic E-state index is 3.76. The molecule has 0 aromatic rings. The number of rotatable bonds is 5. The van der Waals surface area contributed by atoms with Gasteiger partial charge in [0.2, 0.25) is 0 Å². The van der Waals surface area contributed by atoms with Gasteiger partial charge in [-0.25, -0.2) is 0 Å².